The van der Waals surface area contributed by atoms with Crippen molar-refractivity contribution < 1.29 is 9.26 Å². The number of para-hydroxylation sites is 1. The summed E-state index contributed by atoms with van der Waals surface area (Å²) < 4.78 is 12.2. The molecule has 2 rings (SSSR count). The van der Waals surface area contributed by atoms with Gasteiger partial charge in [-0.25, -0.2) is 4.99 Å². The van der Waals surface area contributed by atoms with Crippen LogP contribution in [0.4, 0.5) is 0 Å². The fourth-order valence-electron chi connectivity index (χ4n) is 2.21. The lowest BCUT2D eigenvalue weighted by atomic mass is 10.1. The molecule has 7 heteroatoms. The van der Waals surface area contributed by atoms with Crippen LogP contribution in [-0.4, -0.2) is 30.3 Å². The second-order valence-electron chi connectivity index (χ2n) is 6.31. The molecule has 1 heterocycles. The van der Waals surface area contributed by atoms with E-state index in [2.05, 4.69) is 50.6 Å². The minimum Gasteiger partial charge on any atom is -0.488 e. The van der Waals surface area contributed by atoms with Gasteiger partial charge in [-0.3, -0.25) is 0 Å². The van der Waals surface area contributed by atoms with Crippen LogP contribution in [0.2, 0.25) is 0 Å². The number of benzene rings is 1. The van der Waals surface area contributed by atoms with Gasteiger partial charge in [0.05, 0.1) is 16.7 Å². The largest absolute Gasteiger partial charge is 0.488 e. The maximum Gasteiger partial charge on any atom is 0.191 e. The van der Waals surface area contributed by atoms with Crippen molar-refractivity contribution in [1.82, 2.24) is 15.8 Å². The summed E-state index contributed by atoms with van der Waals surface area (Å²) >= 11 is 3.49. The smallest absolute Gasteiger partial charge is 0.191 e. The summed E-state index contributed by atoms with van der Waals surface area (Å²) in [5.74, 6) is 2.64. The van der Waals surface area contributed by atoms with E-state index in [1.54, 1.807) is 0 Å². The van der Waals surface area contributed by atoms with Crippen molar-refractivity contribution in [2.45, 2.75) is 46.3 Å². The van der Waals surface area contributed by atoms with E-state index in [0.29, 0.717) is 19.0 Å². The summed E-state index contributed by atoms with van der Waals surface area (Å²) in [7, 11) is 0. The quantitative estimate of drug-likeness (QED) is 0.495. The minimum absolute atomic E-state index is 0.0182. The van der Waals surface area contributed by atoms with Crippen LogP contribution in [0.1, 0.15) is 45.1 Å². The fourth-order valence-corrected chi connectivity index (χ4v) is 2.59. The highest BCUT2D eigenvalue weighted by Crippen LogP contribution is 2.24. The lowest BCUT2D eigenvalue weighted by Crippen LogP contribution is -2.41. The van der Waals surface area contributed by atoms with Gasteiger partial charge in [0.15, 0.2) is 11.7 Å². The standard InChI is InChI=1S/C19H27BrN4O2/c1-5-21-19(23-12-15-10-17(13(2)3)24-26-15)22-11-14(4)25-18-9-7-6-8-16(18)20/h6-10,13-14H,5,11-12H2,1-4H3,(H2,21,22,23). The van der Waals surface area contributed by atoms with Crippen LogP contribution in [-0.2, 0) is 6.54 Å². The molecule has 0 aliphatic carbocycles. The SMILES string of the molecule is CCNC(=NCc1cc(C(C)C)no1)NCC(C)Oc1ccccc1Br. The molecule has 0 spiro atoms. The molecule has 1 unspecified atom stereocenters. The second kappa shape index (κ2) is 10.2. The average molecular weight is 423 g/mol. The van der Waals surface area contributed by atoms with Gasteiger partial charge < -0.3 is 19.9 Å². The molecule has 0 aliphatic rings. The molecule has 0 saturated heterocycles. The molecular formula is C19H27BrN4O2. The van der Waals surface area contributed by atoms with Gasteiger partial charge in [0.25, 0.3) is 0 Å². The first kappa shape index (κ1) is 20.3. The van der Waals surface area contributed by atoms with E-state index in [1.807, 2.05) is 44.2 Å². The first-order chi connectivity index (χ1) is 12.5. The Bertz CT molecular complexity index is 715. The Morgan fingerprint density at radius 3 is 2.69 bits per heavy atom. The van der Waals surface area contributed by atoms with Gasteiger partial charge in [0.2, 0.25) is 0 Å². The van der Waals surface area contributed by atoms with Crippen LogP contribution < -0.4 is 15.4 Å². The Morgan fingerprint density at radius 2 is 2.04 bits per heavy atom. The molecule has 0 radical (unpaired) electrons. The number of ether oxygens (including phenoxy) is 1. The predicted molar refractivity (Wildman–Crippen MR) is 108 cm³/mol. The molecule has 0 aliphatic heterocycles. The van der Waals surface area contributed by atoms with Crippen LogP contribution in [0.25, 0.3) is 0 Å². The molecular weight excluding hydrogens is 396 g/mol. The third kappa shape index (κ3) is 6.37. The summed E-state index contributed by atoms with van der Waals surface area (Å²) in [5.41, 5.74) is 0.948. The molecule has 0 saturated carbocycles. The molecule has 6 nitrogen and oxygen atoms in total. The normalized spacial score (nSPS) is 12.9. The summed E-state index contributed by atoms with van der Waals surface area (Å²) in [4.78, 5) is 4.55. The molecule has 142 valence electrons. The highest BCUT2D eigenvalue weighted by molar-refractivity contribution is 9.10. The van der Waals surface area contributed by atoms with Gasteiger partial charge in [0.1, 0.15) is 18.4 Å². The molecule has 2 aromatic rings. The van der Waals surface area contributed by atoms with Crippen molar-refractivity contribution >= 4 is 21.9 Å². The van der Waals surface area contributed by atoms with Gasteiger partial charge in [-0.05, 0) is 47.8 Å². The van der Waals surface area contributed by atoms with Crippen molar-refractivity contribution in [1.29, 1.82) is 0 Å². The van der Waals surface area contributed by atoms with Gasteiger partial charge >= 0.3 is 0 Å². The zero-order valence-electron chi connectivity index (χ0n) is 15.8. The number of guanidine groups is 1. The summed E-state index contributed by atoms with van der Waals surface area (Å²) in [6, 6.07) is 9.77. The lowest BCUT2D eigenvalue weighted by Gasteiger charge is -2.18. The number of hydrogen-bond acceptors (Lipinski definition) is 4. The summed E-state index contributed by atoms with van der Waals surface area (Å²) in [5, 5.41) is 10.6. The fraction of sp³-hybridized carbons (Fsp3) is 0.474. The van der Waals surface area contributed by atoms with Gasteiger partial charge in [-0.1, -0.05) is 31.1 Å². The molecule has 0 fully saturated rings. The van der Waals surface area contributed by atoms with E-state index in [9.17, 15) is 0 Å². The zero-order valence-corrected chi connectivity index (χ0v) is 17.3. The highest BCUT2D eigenvalue weighted by atomic mass is 79.9. The predicted octanol–water partition coefficient (Wildman–Crippen LogP) is 4.08. The maximum absolute atomic E-state index is 5.95. The van der Waals surface area contributed by atoms with Crippen LogP contribution in [0, 0.1) is 0 Å². The first-order valence-corrected chi connectivity index (χ1v) is 9.67. The van der Waals surface area contributed by atoms with Gasteiger partial charge in [0, 0.05) is 12.6 Å². The number of aromatic nitrogens is 1. The average Bonchev–Trinajstić information content (AvgIpc) is 3.09. The molecule has 1 atom stereocenters. The molecule has 0 amide bonds. The van der Waals surface area contributed by atoms with Crippen LogP contribution in [0.5, 0.6) is 5.75 Å². The maximum atomic E-state index is 5.95. The number of halogens is 1. The van der Waals surface area contributed by atoms with Gasteiger partial charge in [-0.2, -0.15) is 0 Å². The Balaban J connectivity index is 1.89. The minimum atomic E-state index is -0.0182. The monoisotopic (exact) mass is 422 g/mol. The van der Waals surface area contributed by atoms with Gasteiger partial charge in [-0.15, -0.1) is 0 Å². The Kier molecular flexibility index (Phi) is 7.97. The van der Waals surface area contributed by atoms with E-state index in [4.69, 9.17) is 9.26 Å². The Morgan fingerprint density at radius 1 is 1.27 bits per heavy atom. The van der Waals surface area contributed by atoms with E-state index >= 15 is 0 Å². The number of nitrogens with zero attached hydrogens (tertiary/aromatic N) is 2. The van der Waals surface area contributed by atoms with E-state index in [1.165, 1.54) is 0 Å². The first-order valence-electron chi connectivity index (χ1n) is 8.88. The second-order valence-corrected chi connectivity index (χ2v) is 7.16. The molecule has 26 heavy (non-hydrogen) atoms. The highest BCUT2D eigenvalue weighted by Gasteiger charge is 2.09. The van der Waals surface area contributed by atoms with E-state index in [-0.39, 0.29) is 6.10 Å². The zero-order chi connectivity index (χ0) is 18.9. The van der Waals surface area contributed by atoms with Crippen molar-refractivity contribution in [2.24, 2.45) is 4.99 Å². The molecule has 2 N–H and O–H groups in total. The Hall–Kier alpha value is -2.02. The number of nitrogens with one attached hydrogen (secondary N) is 2. The van der Waals surface area contributed by atoms with Crippen molar-refractivity contribution in [2.75, 3.05) is 13.1 Å². The summed E-state index contributed by atoms with van der Waals surface area (Å²) in [6.07, 6.45) is -0.0182. The number of aliphatic imine (C=N–C) groups is 1. The Labute approximate surface area is 163 Å². The van der Waals surface area contributed by atoms with Crippen molar-refractivity contribution in [3.05, 3.63) is 46.3 Å². The molecule has 1 aromatic heterocycles. The number of rotatable bonds is 8. The van der Waals surface area contributed by atoms with E-state index in [0.717, 1.165) is 34.2 Å². The molecule has 1 aromatic carbocycles. The van der Waals surface area contributed by atoms with Crippen molar-refractivity contribution in [3.8, 4) is 5.75 Å². The third-order valence-electron chi connectivity index (χ3n) is 3.63. The topological polar surface area (TPSA) is 71.7 Å². The third-order valence-corrected chi connectivity index (χ3v) is 4.28. The van der Waals surface area contributed by atoms with Crippen LogP contribution in [0.15, 0.2) is 44.3 Å². The number of hydrogen-bond donors (Lipinski definition) is 2. The van der Waals surface area contributed by atoms with Crippen LogP contribution >= 0.6 is 15.9 Å². The van der Waals surface area contributed by atoms with Crippen LogP contribution in [0.3, 0.4) is 0 Å². The summed E-state index contributed by atoms with van der Waals surface area (Å²) in [6.45, 7) is 10.1. The van der Waals surface area contributed by atoms with E-state index < -0.39 is 0 Å². The lowest BCUT2D eigenvalue weighted by molar-refractivity contribution is 0.222. The molecule has 0 bridgehead atoms. The van der Waals surface area contributed by atoms with Crippen molar-refractivity contribution in [3.63, 3.8) is 0 Å².